The van der Waals surface area contributed by atoms with Gasteiger partial charge >= 0.3 is 0 Å². The highest BCUT2D eigenvalue weighted by Crippen LogP contribution is 2.27. The molecule has 0 saturated carbocycles. The number of carbonyl (C=O) groups excluding carboxylic acids is 1. The SMILES string of the molecule is O=C(COc1cc(Cl)ccc1Cl)NN=Cc1ccc(-c2cccc(Cl)c2)o1. The van der Waals surface area contributed by atoms with Crippen LogP contribution in [0, 0.1) is 0 Å². The van der Waals surface area contributed by atoms with Crippen molar-refractivity contribution in [2.24, 2.45) is 5.10 Å². The summed E-state index contributed by atoms with van der Waals surface area (Å²) in [5.74, 6) is 0.984. The normalized spacial score (nSPS) is 10.9. The lowest BCUT2D eigenvalue weighted by Gasteiger charge is -2.07. The molecule has 1 N–H and O–H groups in total. The van der Waals surface area contributed by atoms with Crippen molar-refractivity contribution in [3.05, 3.63) is 75.4 Å². The van der Waals surface area contributed by atoms with Crippen molar-refractivity contribution in [2.75, 3.05) is 6.61 Å². The molecule has 3 aromatic rings. The van der Waals surface area contributed by atoms with Gasteiger partial charge in [-0.2, -0.15) is 5.10 Å². The third-order valence-electron chi connectivity index (χ3n) is 3.37. The number of nitrogens with one attached hydrogen (secondary N) is 1. The van der Waals surface area contributed by atoms with Crippen molar-refractivity contribution in [2.45, 2.75) is 0 Å². The van der Waals surface area contributed by atoms with E-state index in [-0.39, 0.29) is 6.61 Å². The number of halogens is 3. The molecule has 5 nitrogen and oxygen atoms in total. The van der Waals surface area contributed by atoms with Gasteiger partial charge in [-0.1, -0.05) is 46.9 Å². The summed E-state index contributed by atoms with van der Waals surface area (Å²) in [6.07, 6.45) is 1.39. The summed E-state index contributed by atoms with van der Waals surface area (Å²) < 4.78 is 11.0. The van der Waals surface area contributed by atoms with Gasteiger partial charge in [-0.15, -0.1) is 0 Å². The first kappa shape index (κ1) is 19.3. The maximum Gasteiger partial charge on any atom is 0.277 e. The third-order valence-corrected chi connectivity index (χ3v) is 4.15. The van der Waals surface area contributed by atoms with Crippen molar-refractivity contribution >= 4 is 46.9 Å². The Balaban J connectivity index is 1.53. The summed E-state index contributed by atoms with van der Waals surface area (Å²) in [5, 5.41) is 5.27. The van der Waals surface area contributed by atoms with E-state index in [2.05, 4.69) is 10.5 Å². The molecule has 1 amide bonds. The summed E-state index contributed by atoms with van der Waals surface area (Å²) >= 11 is 17.8. The van der Waals surface area contributed by atoms with Crippen LogP contribution in [0.4, 0.5) is 0 Å². The lowest BCUT2D eigenvalue weighted by atomic mass is 10.2. The van der Waals surface area contributed by atoms with E-state index >= 15 is 0 Å². The Hall–Kier alpha value is -2.47. The molecule has 0 radical (unpaired) electrons. The average molecular weight is 424 g/mol. The molecule has 0 unspecified atom stereocenters. The van der Waals surface area contributed by atoms with Gasteiger partial charge in [0.05, 0.1) is 11.2 Å². The minimum absolute atomic E-state index is 0.261. The highest BCUT2D eigenvalue weighted by molar-refractivity contribution is 6.34. The van der Waals surface area contributed by atoms with Crippen molar-refractivity contribution in [3.8, 4) is 17.1 Å². The second-order valence-electron chi connectivity index (χ2n) is 5.37. The van der Waals surface area contributed by atoms with Gasteiger partial charge in [-0.3, -0.25) is 4.79 Å². The van der Waals surface area contributed by atoms with Crippen LogP contribution in [0.15, 0.2) is 64.1 Å². The smallest absolute Gasteiger partial charge is 0.277 e. The lowest BCUT2D eigenvalue weighted by Crippen LogP contribution is -2.24. The highest BCUT2D eigenvalue weighted by atomic mass is 35.5. The van der Waals surface area contributed by atoms with Gasteiger partial charge in [0.25, 0.3) is 5.91 Å². The van der Waals surface area contributed by atoms with Crippen LogP contribution in [0.3, 0.4) is 0 Å². The first-order chi connectivity index (χ1) is 13.0. The molecule has 0 saturated heterocycles. The summed E-state index contributed by atoms with van der Waals surface area (Å²) in [5.41, 5.74) is 3.19. The van der Waals surface area contributed by atoms with Gasteiger partial charge in [0.15, 0.2) is 6.61 Å². The molecule has 1 aromatic heterocycles. The van der Waals surface area contributed by atoms with E-state index in [0.29, 0.717) is 32.3 Å². The number of rotatable bonds is 6. The maximum absolute atomic E-state index is 11.8. The Bertz CT molecular complexity index is 986. The highest BCUT2D eigenvalue weighted by Gasteiger charge is 2.07. The Labute approximate surface area is 170 Å². The largest absolute Gasteiger partial charge is 0.482 e. The van der Waals surface area contributed by atoms with E-state index < -0.39 is 5.91 Å². The maximum atomic E-state index is 11.8. The quantitative estimate of drug-likeness (QED) is 0.424. The van der Waals surface area contributed by atoms with Crippen molar-refractivity contribution in [3.63, 3.8) is 0 Å². The van der Waals surface area contributed by atoms with E-state index in [1.54, 1.807) is 36.4 Å². The fraction of sp³-hybridized carbons (Fsp3) is 0.0526. The summed E-state index contributed by atoms with van der Waals surface area (Å²) in [7, 11) is 0. The molecule has 2 aromatic carbocycles. The first-order valence-electron chi connectivity index (χ1n) is 7.77. The standard InChI is InChI=1S/C19H13Cl3N2O3/c20-13-3-1-2-12(8-13)17-7-5-15(27-17)10-23-24-19(25)11-26-18-9-14(21)4-6-16(18)22/h1-10H,11H2,(H,24,25). The third kappa shape index (κ3) is 5.50. The molecule has 1 heterocycles. The molecule has 0 aliphatic rings. The van der Waals surface area contributed by atoms with Gasteiger partial charge in [-0.05, 0) is 36.4 Å². The number of benzene rings is 2. The number of nitrogens with zero attached hydrogens (tertiary/aromatic N) is 1. The van der Waals surface area contributed by atoms with Crippen LogP contribution < -0.4 is 10.2 Å². The van der Waals surface area contributed by atoms with Crippen LogP contribution in [0.5, 0.6) is 5.75 Å². The Morgan fingerprint density at radius 3 is 2.70 bits per heavy atom. The average Bonchev–Trinajstić information content (AvgIpc) is 3.11. The summed E-state index contributed by atoms with van der Waals surface area (Å²) in [6.45, 7) is -0.261. The Kier molecular flexibility index (Phi) is 6.40. The second kappa shape index (κ2) is 8.95. The number of amides is 1. The molecule has 0 fully saturated rings. The van der Waals surface area contributed by atoms with Crippen LogP contribution in [0.2, 0.25) is 15.1 Å². The Morgan fingerprint density at radius 2 is 1.89 bits per heavy atom. The van der Waals surface area contributed by atoms with Crippen LogP contribution in [0.1, 0.15) is 5.76 Å². The Morgan fingerprint density at radius 1 is 1.07 bits per heavy atom. The monoisotopic (exact) mass is 422 g/mol. The van der Waals surface area contributed by atoms with Crippen molar-refractivity contribution in [1.29, 1.82) is 0 Å². The first-order valence-corrected chi connectivity index (χ1v) is 8.90. The molecular weight excluding hydrogens is 411 g/mol. The van der Waals surface area contributed by atoms with Gasteiger partial charge in [0, 0.05) is 21.7 Å². The van der Waals surface area contributed by atoms with Crippen LogP contribution in [-0.4, -0.2) is 18.7 Å². The predicted molar refractivity (Wildman–Crippen MR) is 107 cm³/mol. The molecule has 27 heavy (non-hydrogen) atoms. The van der Waals surface area contributed by atoms with Gasteiger partial charge in [0.2, 0.25) is 0 Å². The predicted octanol–water partition coefficient (Wildman–Crippen LogP) is 5.44. The number of ether oxygens (including phenoxy) is 1. The minimum Gasteiger partial charge on any atom is -0.482 e. The molecule has 0 aliphatic carbocycles. The topological polar surface area (TPSA) is 63.8 Å². The lowest BCUT2D eigenvalue weighted by molar-refractivity contribution is -0.123. The number of hydrogen-bond acceptors (Lipinski definition) is 4. The molecule has 0 atom stereocenters. The molecule has 8 heteroatoms. The number of hydrogen-bond donors (Lipinski definition) is 1. The van der Waals surface area contributed by atoms with E-state index in [1.165, 1.54) is 12.3 Å². The van der Waals surface area contributed by atoms with Gasteiger partial charge < -0.3 is 9.15 Å². The molecular formula is C19H13Cl3N2O3. The summed E-state index contributed by atoms with van der Waals surface area (Å²) in [6, 6.07) is 15.6. The van der Waals surface area contributed by atoms with Crippen molar-refractivity contribution in [1.82, 2.24) is 5.43 Å². The summed E-state index contributed by atoms with van der Waals surface area (Å²) in [4.78, 5) is 11.8. The van der Waals surface area contributed by atoms with E-state index in [0.717, 1.165) is 5.56 Å². The second-order valence-corrected chi connectivity index (χ2v) is 6.65. The van der Waals surface area contributed by atoms with Crippen molar-refractivity contribution < 1.29 is 13.9 Å². The zero-order valence-electron chi connectivity index (χ0n) is 13.8. The fourth-order valence-corrected chi connectivity index (χ4v) is 2.67. The van der Waals surface area contributed by atoms with E-state index in [9.17, 15) is 4.79 Å². The molecule has 0 spiro atoms. The van der Waals surface area contributed by atoms with Gasteiger partial charge in [-0.25, -0.2) is 5.43 Å². The van der Waals surface area contributed by atoms with Crippen LogP contribution in [-0.2, 0) is 4.79 Å². The fourth-order valence-electron chi connectivity index (χ4n) is 2.15. The number of furan rings is 1. The van der Waals surface area contributed by atoms with E-state index in [4.69, 9.17) is 44.0 Å². The number of carbonyl (C=O) groups is 1. The zero-order valence-corrected chi connectivity index (χ0v) is 16.1. The van der Waals surface area contributed by atoms with Crippen LogP contribution in [0.25, 0.3) is 11.3 Å². The number of hydrazone groups is 1. The van der Waals surface area contributed by atoms with Gasteiger partial charge in [0.1, 0.15) is 17.3 Å². The van der Waals surface area contributed by atoms with E-state index in [1.807, 2.05) is 12.1 Å². The molecule has 0 bridgehead atoms. The molecule has 138 valence electrons. The minimum atomic E-state index is -0.455. The van der Waals surface area contributed by atoms with Crippen LogP contribution >= 0.6 is 34.8 Å². The molecule has 3 rings (SSSR count). The zero-order chi connectivity index (χ0) is 19.2. The molecule has 0 aliphatic heterocycles.